The van der Waals surface area contributed by atoms with Crippen molar-refractivity contribution in [1.82, 2.24) is 4.90 Å². The Bertz CT molecular complexity index is 564. The van der Waals surface area contributed by atoms with Gasteiger partial charge in [-0.05, 0) is 12.5 Å². The molecule has 1 saturated heterocycles. The number of carbonyl (C=O) groups excluding carboxylic acids is 1. The summed E-state index contributed by atoms with van der Waals surface area (Å²) in [5.74, 6) is 0.239. The summed E-state index contributed by atoms with van der Waals surface area (Å²) < 4.78 is 0. The van der Waals surface area contributed by atoms with Crippen molar-refractivity contribution < 1.29 is 4.79 Å². The molecular formula is C17H17NO. The van der Waals surface area contributed by atoms with Crippen molar-refractivity contribution in [2.45, 2.75) is 19.0 Å². The van der Waals surface area contributed by atoms with Crippen LogP contribution >= 0.6 is 0 Å². The fourth-order valence-corrected chi connectivity index (χ4v) is 2.53. The first-order valence-electron chi connectivity index (χ1n) is 6.67. The molecule has 1 fully saturated rings. The Balaban J connectivity index is 1.70. The lowest BCUT2D eigenvalue weighted by Crippen LogP contribution is -2.16. The van der Waals surface area contributed by atoms with E-state index in [0.29, 0.717) is 6.04 Å². The number of benzene rings is 2. The third-order valence-corrected chi connectivity index (χ3v) is 3.79. The highest BCUT2D eigenvalue weighted by Crippen LogP contribution is 2.33. The number of rotatable bonds is 4. The molecule has 1 heterocycles. The van der Waals surface area contributed by atoms with Crippen molar-refractivity contribution in [3.63, 3.8) is 0 Å². The zero-order valence-electron chi connectivity index (χ0n) is 11.0. The number of ketones is 1. The molecule has 2 heteroatoms. The van der Waals surface area contributed by atoms with Crippen LogP contribution in [0.15, 0.2) is 60.7 Å². The molecule has 0 radical (unpaired) electrons. The SMILES string of the molecule is C[C@H](c1ccccc1)N1C[C@H]1C(=O)c1ccccc1. The van der Waals surface area contributed by atoms with Gasteiger partial charge in [-0.3, -0.25) is 9.69 Å². The average Bonchev–Trinajstić information content (AvgIpc) is 3.28. The Kier molecular flexibility index (Phi) is 3.18. The van der Waals surface area contributed by atoms with E-state index in [1.54, 1.807) is 0 Å². The molecule has 2 nitrogen and oxygen atoms in total. The normalized spacial score (nSPS) is 22.8. The predicted molar refractivity (Wildman–Crippen MR) is 76.1 cm³/mol. The monoisotopic (exact) mass is 251 g/mol. The van der Waals surface area contributed by atoms with Gasteiger partial charge >= 0.3 is 0 Å². The van der Waals surface area contributed by atoms with Gasteiger partial charge in [0, 0.05) is 18.2 Å². The first-order valence-corrected chi connectivity index (χ1v) is 6.67. The van der Waals surface area contributed by atoms with E-state index in [2.05, 4.69) is 24.0 Å². The molecule has 1 unspecified atom stereocenters. The number of Topliss-reactive ketones (excluding diaryl/α,β-unsaturated/α-hetero) is 1. The number of hydrogen-bond donors (Lipinski definition) is 0. The molecule has 2 aromatic rings. The minimum atomic E-state index is 0.0533. The Labute approximate surface area is 113 Å². The van der Waals surface area contributed by atoms with E-state index >= 15 is 0 Å². The first-order chi connectivity index (χ1) is 9.27. The molecule has 1 aliphatic rings. The maximum atomic E-state index is 12.3. The van der Waals surface area contributed by atoms with Gasteiger partial charge in [-0.1, -0.05) is 60.7 Å². The molecule has 3 rings (SSSR count). The summed E-state index contributed by atoms with van der Waals surface area (Å²) >= 11 is 0. The quantitative estimate of drug-likeness (QED) is 0.613. The summed E-state index contributed by atoms with van der Waals surface area (Å²) in [6.45, 7) is 3.03. The van der Waals surface area contributed by atoms with Crippen LogP contribution in [0.2, 0.25) is 0 Å². The minimum Gasteiger partial charge on any atom is -0.292 e. The van der Waals surface area contributed by atoms with Crippen LogP contribution in [-0.2, 0) is 0 Å². The van der Waals surface area contributed by atoms with Gasteiger partial charge in [0.2, 0.25) is 0 Å². The van der Waals surface area contributed by atoms with Crippen LogP contribution < -0.4 is 0 Å². The number of hydrogen-bond acceptors (Lipinski definition) is 2. The average molecular weight is 251 g/mol. The van der Waals surface area contributed by atoms with Crippen molar-refractivity contribution >= 4 is 5.78 Å². The van der Waals surface area contributed by atoms with Gasteiger partial charge in [-0.25, -0.2) is 0 Å². The van der Waals surface area contributed by atoms with Gasteiger partial charge in [0.1, 0.15) is 0 Å². The summed E-state index contributed by atoms with van der Waals surface area (Å²) in [7, 11) is 0. The molecule has 3 atom stereocenters. The van der Waals surface area contributed by atoms with E-state index in [4.69, 9.17) is 0 Å². The van der Waals surface area contributed by atoms with Gasteiger partial charge in [-0.15, -0.1) is 0 Å². The largest absolute Gasteiger partial charge is 0.292 e. The summed E-state index contributed by atoms with van der Waals surface area (Å²) in [6.07, 6.45) is 0. The second kappa shape index (κ2) is 4.98. The number of nitrogens with zero attached hydrogens (tertiary/aromatic N) is 1. The van der Waals surface area contributed by atoms with Crippen LogP contribution in [0.5, 0.6) is 0 Å². The molecule has 0 spiro atoms. The van der Waals surface area contributed by atoms with Crippen LogP contribution in [0.3, 0.4) is 0 Å². The van der Waals surface area contributed by atoms with Crippen molar-refractivity contribution in [3.05, 3.63) is 71.8 Å². The van der Waals surface area contributed by atoms with Crippen LogP contribution in [0.25, 0.3) is 0 Å². The Hall–Kier alpha value is -1.93. The first kappa shape index (κ1) is 12.1. The number of carbonyl (C=O) groups is 1. The fraction of sp³-hybridized carbons (Fsp3) is 0.235. The second-order valence-electron chi connectivity index (χ2n) is 5.03. The molecule has 1 aliphatic heterocycles. The topological polar surface area (TPSA) is 20.1 Å². The lowest BCUT2D eigenvalue weighted by molar-refractivity contribution is 0.0969. The van der Waals surface area contributed by atoms with E-state index < -0.39 is 0 Å². The third kappa shape index (κ3) is 2.45. The molecule has 0 N–H and O–H groups in total. The van der Waals surface area contributed by atoms with E-state index in [-0.39, 0.29) is 11.8 Å². The highest BCUT2D eigenvalue weighted by Gasteiger charge is 2.43. The zero-order chi connectivity index (χ0) is 13.2. The van der Waals surface area contributed by atoms with Gasteiger partial charge < -0.3 is 0 Å². The minimum absolute atomic E-state index is 0.0533. The van der Waals surface area contributed by atoms with Crippen molar-refractivity contribution in [1.29, 1.82) is 0 Å². The Morgan fingerprint density at radius 3 is 2.26 bits per heavy atom. The van der Waals surface area contributed by atoms with E-state index in [1.165, 1.54) is 5.56 Å². The predicted octanol–water partition coefficient (Wildman–Crippen LogP) is 3.31. The van der Waals surface area contributed by atoms with Gasteiger partial charge in [0.05, 0.1) is 6.04 Å². The summed E-state index contributed by atoms with van der Waals surface area (Å²) in [5.41, 5.74) is 2.08. The third-order valence-electron chi connectivity index (χ3n) is 3.79. The van der Waals surface area contributed by atoms with Gasteiger partial charge in [-0.2, -0.15) is 0 Å². The summed E-state index contributed by atoms with van der Waals surface area (Å²) in [6, 6.07) is 20.3. The van der Waals surface area contributed by atoms with Crippen molar-refractivity contribution in [2.75, 3.05) is 6.54 Å². The maximum Gasteiger partial charge on any atom is 0.181 e. The molecule has 2 aromatic carbocycles. The molecular weight excluding hydrogens is 234 g/mol. The standard InChI is InChI=1S/C17H17NO/c1-13(14-8-4-2-5-9-14)18-12-16(18)17(19)15-10-6-3-7-11-15/h2-11,13,16H,12H2,1H3/t13-,16+,18?/m1/s1. The second-order valence-corrected chi connectivity index (χ2v) is 5.03. The Morgan fingerprint density at radius 2 is 1.63 bits per heavy atom. The molecule has 0 amide bonds. The molecule has 0 saturated carbocycles. The maximum absolute atomic E-state index is 12.3. The lowest BCUT2D eigenvalue weighted by atomic mass is 10.1. The molecule has 19 heavy (non-hydrogen) atoms. The van der Waals surface area contributed by atoms with Gasteiger partial charge in [0.15, 0.2) is 5.78 Å². The summed E-state index contributed by atoms with van der Waals surface area (Å²) in [4.78, 5) is 14.6. The van der Waals surface area contributed by atoms with Crippen LogP contribution in [-0.4, -0.2) is 23.3 Å². The summed E-state index contributed by atoms with van der Waals surface area (Å²) in [5, 5.41) is 0. The van der Waals surface area contributed by atoms with E-state index in [0.717, 1.165) is 12.1 Å². The molecule has 96 valence electrons. The van der Waals surface area contributed by atoms with Crippen LogP contribution in [0, 0.1) is 0 Å². The van der Waals surface area contributed by atoms with Crippen LogP contribution in [0.1, 0.15) is 28.9 Å². The molecule has 0 aliphatic carbocycles. The van der Waals surface area contributed by atoms with Gasteiger partial charge in [0.25, 0.3) is 0 Å². The Morgan fingerprint density at radius 1 is 1.05 bits per heavy atom. The lowest BCUT2D eigenvalue weighted by Gasteiger charge is -2.14. The smallest absolute Gasteiger partial charge is 0.181 e. The van der Waals surface area contributed by atoms with E-state index in [9.17, 15) is 4.79 Å². The van der Waals surface area contributed by atoms with Crippen LogP contribution in [0.4, 0.5) is 0 Å². The molecule has 0 aromatic heterocycles. The molecule has 0 bridgehead atoms. The zero-order valence-corrected chi connectivity index (χ0v) is 11.0. The highest BCUT2D eigenvalue weighted by molar-refractivity contribution is 6.02. The highest BCUT2D eigenvalue weighted by atomic mass is 16.1. The van der Waals surface area contributed by atoms with Crippen molar-refractivity contribution in [3.8, 4) is 0 Å². The fourth-order valence-electron chi connectivity index (χ4n) is 2.53. The van der Waals surface area contributed by atoms with E-state index in [1.807, 2.05) is 48.5 Å². The van der Waals surface area contributed by atoms with Crippen molar-refractivity contribution in [2.24, 2.45) is 0 Å².